The Bertz CT molecular complexity index is 799. The summed E-state index contributed by atoms with van der Waals surface area (Å²) in [6, 6.07) is -0.921. The molecule has 5 atom stereocenters. The molecule has 1 aliphatic heterocycles. The lowest BCUT2D eigenvalue weighted by Crippen LogP contribution is -2.57. The Hall–Kier alpha value is -2.67. The third kappa shape index (κ3) is 5.69. The first-order chi connectivity index (χ1) is 14.2. The Labute approximate surface area is 176 Å². The molecule has 0 unspecified atom stereocenters. The average Bonchev–Trinajstić information content (AvgIpc) is 3.15. The van der Waals surface area contributed by atoms with Crippen molar-refractivity contribution in [3.63, 3.8) is 0 Å². The highest BCUT2D eigenvalue weighted by molar-refractivity contribution is 7.99. The van der Waals surface area contributed by atoms with Gasteiger partial charge in [0.1, 0.15) is 24.2 Å². The summed E-state index contributed by atoms with van der Waals surface area (Å²) in [6.07, 6.45) is 0.103. The van der Waals surface area contributed by atoms with Gasteiger partial charge >= 0.3 is 23.9 Å². The molecule has 0 amide bonds. The van der Waals surface area contributed by atoms with E-state index in [4.69, 9.17) is 18.9 Å². The zero-order valence-electron chi connectivity index (χ0n) is 17.1. The van der Waals surface area contributed by atoms with Crippen LogP contribution in [0.2, 0.25) is 0 Å². The van der Waals surface area contributed by atoms with E-state index in [1.165, 1.54) is 50.5 Å². The number of nitrogens with zero attached hydrogens (tertiary/aromatic N) is 3. The summed E-state index contributed by atoms with van der Waals surface area (Å²) in [7, 11) is 1.19. The first kappa shape index (κ1) is 23.6. The summed E-state index contributed by atoms with van der Waals surface area (Å²) >= 11 is 1.24. The van der Waals surface area contributed by atoms with Gasteiger partial charge in [-0.2, -0.15) is 0 Å². The molecule has 0 saturated carbocycles. The van der Waals surface area contributed by atoms with Crippen LogP contribution in [-0.2, 0) is 38.1 Å². The molecule has 30 heavy (non-hydrogen) atoms. The highest BCUT2D eigenvalue weighted by Crippen LogP contribution is 2.38. The molecule has 0 radical (unpaired) electrons. The summed E-state index contributed by atoms with van der Waals surface area (Å²) in [5, 5.41) is 7.70. The van der Waals surface area contributed by atoms with Crippen molar-refractivity contribution in [3.05, 3.63) is 11.9 Å². The van der Waals surface area contributed by atoms with Crippen molar-refractivity contribution >= 4 is 35.6 Å². The fourth-order valence-electron chi connectivity index (χ4n) is 2.99. The minimum absolute atomic E-state index is 0.0932. The highest BCUT2D eigenvalue weighted by Gasteiger charge is 2.51. The van der Waals surface area contributed by atoms with Gasteiger partial charge in [0.05, 0.1) is 13.3 Å². The Morgan fingerprint density at radius 3 is 2.27 bits per heavy atom. The third-order valence-corrected chi connectivity index (χ3v) is 4.96. The second kappa shape index (κ2) is 10.4. The molecule has 1 fully saturated rings. The summed E-state index contributed by atoms with van der Waals surface area (Å²) < 4.78 is 27.8. The molecule has 166 valence electrons. The number of hydrogen-bond acceptors (Lipinski definition) is 12. The molecule has 1 saturated heterocycles. The second-order valence-electron chi connectivity index (χ2n) is 6.30. The first-order valence-electron chi connectivity index (χ1n) is 8.84. The number of esters is 4. The topological polar surface area (TPSA) is 145 Å². The van der Waals surface area contributed by atoms with Crippen LogP contribution in [0.5, 0.6) is 0 Å². The molecule has 2 rings (SSSR count). The number of carbonyl (C=O) groups excluding carboxylic acids is 4. The molecule has 13 heteroatoms. The molecule has 0 bridgehead atoms. The molecule has 0 spiro atoms. The Morgan fingerprint density at radius 1 is 1.10 bits per heavy atom. The predicted molar refractivity (Wildman–Crippen MR) is 100 cm³/mol. The van der Waals surface area contributed by atoms with Crippen LogP contribution in [0.1, 0.15) is 37.3 Å². The fourth-order valence-corrected chi connectivity index (χ4v) is 3.73. The number of thioether (sulfide) groups is 1. The smallest absolute Gasteiger partial charge is 0.360 e. The maximum absolute atomic E-state index is 11.8. The van der Waals surface area contributed by atoms with Crippen molar-refractivity contribution in [2.75, 3.05) is 20.0 Å². The molecule has 0 aromatic carbocycles. The lowest BCUT2D eigenvalue weighted by atomic mass is 9.96. The molecule has 12 nitrogen and oxygen atoms in total. The van der Waals surface area contributed by atoms with E-state index in [0.29, 0.717) is 0 Å². The van der Waals surface area contributed by atoms with E-state index >= 15 is 0 Å². The quantitative estimate of drug-likeness (QED) is 0.415. The first-order valence-corrected chi connectivity index (χ1v) is 10.1. The van der Waals surface area contributed by atoms with Gasteiger partial charge in [-0.1, -0.05) is 5.21 Å². The van der Waals surface area contributed by atoms with Gasteiger partial charge < -0.3 is 23.7 Å². The molecule has 0 N–H and O–H groups in total. The predicted octanol–water partition coefficient (Wildman–Crippen LogP) is 0.120. The van der Waals surface area contributed by atoms with Crippen LogP contribution in [0.25, 0.3) is 0 Å². The van der Waals surface area contributed by atoms with E-state index in [1.54, 1.807) is 6.26 Å². The normalized spacial score (nSPS) is 25.8. The van der Waals surface area contributed by atoms with E-state index in [9.17, 15) is 19.2 Å². The molecule has 1 aliphatic rings. The maximum Gasteiger partial charge on any atom is 0.360 e. The van der Waals surface area contributed by atoms with Crippen molar-refractivity contribution in [2.24, 2.45) is 0 Å². The van der Waals surface area contributed by atoms with E-state index in [-0.39, 0.29) is 12.3 Å². The monoisotopic (exact) mass is 445 g/mol. The number of rotatable bonds is 7. The standard InChI is InChI=1S/C17H23N3O9S/c1-8(21)26-7-12-14(27-9(2)22)13(15(28-10(3)23)17(29-12)30-5)20-6-11(18-19-20)16(24)25-4/h6,12-15,17H,7H2,1-5H3/t12-,13+,14+,15-,17+/m1/s1. The van der Waals surface area contributed by atoms with Gasteiger partial charge in [0.15, 0.2) is 17.9 Å². The molecule has 2 heterocycles. The molecular formula is C17H23N3O9S. The van der Waals surface area contributed by atoms with Crippen LogP contribution in [0, 0.1) is 0 Å². The maximum atomic E-state index is 11.8. The van der Waals surface area contributed by atoms with Crippen molar-refractivity contribution < 1.29 is 42.9 Å². The van der Waals surface area contributed by atoms with Crippen molar-refractivity contribution in [2.45, 2.75) is 50.6 Å². The molecule has 1 aromatic heterocycles. The van der Waals surface area contributed by atoms with Crippen LogP contribution < -0.4 is 0 Å². The zero-order valence-corrected chi connectivity index (χ0v) is 17.9. The van der Waals surface area contributed by atoms with Crippen molar-refractivity contribution in [3.8, 4) is 0 Å². The van der Waals surface area contributed by atoms with Gasteiger partial charge in [-0.05, 0) is 6.26 Å². The fraction of sp³-hybridized carbons (Fsp3) is 0.647. The van der Waals surface area contributed by atoms with E-state index < -0.39 is 53.7 Å². The molecular weight excluding hydrogens is 422 g/mol. The molecule has 0 aliphatic carbocycles. The van der Waals surface area contributed by atoms with Gasteiger partial charge in [0.2, 0.25) is 0 Å². The van der Waals surface area contributed by atoms with Crippen LogP contribution in [0.15, 0.2) is 6.20 Å². The minimum Gasteiger partial charge on any atom is -0.464 e. The summed E-state index contributed by atoms with van der Waals surface area (Å²) in [5.74, 6) is -2.51. The third-order valence-electron chi connectivity index (χ3n) is 4.11. The summed E-state index contributed by atoms with van der Waals surface area (Å²) in [5.41, 5.74) is -0.804. The van der Waals surface area contributed by atoms with Crippen LogP contribution in [0.3, 0.4) is 0 Å². The lowest BCUT2D eigenvalue weighted by Gasteiger charge is -2.44. The highest BCUT2D eigenvalue weighted by atomic mass is 32.2. The van der Waals surface area contributed by atoms with Crippen LogP contribution in [-0.4, -0.2) is 82.6 Å². The van der Waals surface area contributed by atoms with E-state index in [2.05, 4.69) is 15.0 Å². The Kier molecular flexibility index (Phi) is 8.17. The van der Waals surface area contributed by atoms with Crippen LogP contribution in [0.4, 0.5) is 0 Å². The number of methoxy groups -OCH3 is 1. The van der Waals surface area contributed by atoms with E-state index in [1.807, 2.05) is 0 Å². The number of aromatic nitrogens is 3. The Balaban J connectivity index is 2.52. The van der Waals surface area contributed by atoms with Gasteiger partial charge in [0.25, 0.3) is 0 Å². The van der Waals surface area contributed by atoms with Gasteiger partial charge in [-0.15, -0.1) is 16.9 Å². The number of ether oxygens (including phenoxy) is 5. The summed E-state index contributed by atoms with van der Waals surface area (Å²) in [6.45, 7) is 3.44. The second-order valence-corrected chi connectivity index (χ2v) is 7.23. The minimum atomic E-state index is -1.07. The van der Waals surface area contributed by atoms with E-state index in [0.717, 1.165) is 0 Å². The van der Waals surface area contributed by atoms with Gasteiger partial charge in [-0.25, -0.2) is 9.48 Å². The summed E-state index contributed by atoms with van der Waals surface area (Å²) in [4.78, 5) is 46.6. The number of hydrogen-bond donors (Lipinski definition) is 0. The lowest BCUT2D eigenvalue weighted by molar-refractivity contribution is -0.212. The van der Waals surface area contributed by atoms with Crippen LogP contribution >= 0.6 is 11.8 Å². The molecule has 1 aromatic rings. The van der Waals surface area contributed by atoms with Crippen molar-refractivity contribution in [1.29, 1.82) is 0 Å². The number of carbonyl (C=O) groups is 4. The SMILES string of the molecule is COC(=O)c1cn([C@H]2[C@@H](OC(C)=O)[C@@H](COC(C)=O)O[C@@H](SC)[C@@H]2OC(C)=O)nn1. The average molecular weight is 445 g/mol. The largest absolute Gasteiger partial charge is 0.464 e. The van der Waals surface area contributed by atoms with Gasteiger partial charge in [0, 0.05) is 20.8 Å². The van der Waals surface area contributed by atoms with Crippen molar-refractivity contribution in [1.82, 2.24) is 15.0 Å². The zero-order chi connectivity index (χ0) is 22.4. The Morgan fingerprint density at radius 2 is 1.73 bits per heavy atom. The van der Waals surface area contributed by atoms with Gasteiger partial charge in [-0.3, -0.25) is 14.4 Å².